The third-order valence-electron chi connectivity index (χ3n) is 2.59. The first-order valence-corrected chi connectivity index (χ1v) is 8.90. The van der Waals surface area contributed by atoms with E-state index in [2.05, 4.69) is 70.7 Å². The molecule has 0 aromatic heterocycles. The van der Waals surface area contributed by atoms with Gasteiger partial charge in [0.25, 0.3) is 0 Å². The monoisotopic (exact) mass is 336 g/mol. The van der Waals surface area contributed by atoms with Crippen LogP contribution in [0.4, 0.5) is 0 Å². The minimum atomic E-state index is 0.333. The van der Waals surface area contributed by atoms with Crippen LogP contribution < -0.4 is 11.5 Å². The van der Waals surface area contributed by atoms with E-state index in [1.165, 1.54) is 28.7 Å². The molecule has 4 N–H and O–H groups in total. The number of hydrogen-bond acceptors (Lipinski definition) is 3. The second kappa shape index (κ2) is 15.9. The van der Waals surface area contributed by atoms with Crippen molar-refractivity contribution in [1.82, 2.24) is 0 Å². The predicted molar refractivity (Wildman–Crippen MR) is 112 cm³/mol. The topological polar surface area (TPSA) is 52.0 Å². The molecule has 0 amide bonds. The fourth-order valence-corrected chi connectivity index (χ4v) is 1.79. The van der Waals surface area contributed by atoms with Crippen LogP contribution in [0.2, 0.25) is 0 Å². The normalized spacial score (nSPS) is 11.4. The molecule has 0 radical (unpaired) electrons. The lowest BCUT2D eigenvalue weighted by Gasteiger charge is -2.10. The van der Waals surface area contributed by atoms with Crippen molar-refractivity contribution in [2.24, 2.45) is 11.5 Å². The quantitative estimate of drug-likeness (QED) is 0.636. The number of benzene rings is 1. The van der Waals surface area contributed by atoms with Crippen LogP contribution in [-0.2, 0) is 0 Å². The molecule has 0 fully saturated rings. The molecule has 0 aliphatic heterocycles. The van der Waals surface area contributed by atoms with Crippen molar-refractivity contribution in [3.63, 3.8) is 0 Å². The van der Waals surface area contributed by atoms with E-state index in [1.54, 1.807) is 0 Å². The fraction of sp³-hybridized carbons (Fsp3) is 0.500. The molecule has 0 heterocycles. The molecule has 0 bridgehead atoms. The highest BCUT2D eigenvalue weighted by Crippen LogP contribution is 2.25. The van der Waals surface area contributed by atoms with Crippen LogP contribution in [0, 0.1) is 0 Å². The highest BCUT2D eigenvalue weighted by Gasteiger charge is 2.04. The van der Waals surface area contributed by atoms with Gasteiger partial charge in [-0.15, -0.1) is 0 Å². The lowest BCUT2D eigenvalue weighted by Crippen LogP contribution is -2.06. The zero-order valence-electron chi connectivity index (χ0n) is 15.8. The maximum atomic E-state index is 5.51. The number of thiol groups is 1. The van der Waals surface area contributed by atoms with Crippen molar-refractivity contribution < 1.29 is 0 Å². The molecule has 3 heteroatoms. The Balaban J connectivity index is 0. The van der Waals surface area contributed by atoms with Gasteiger partial charge in [0.1, 0.15) is 0 Å². The number of hydrogen-bond donors (Lipinski definition) is 3. The first-order valence-electron chi connectivity index (χ1n) is 8.38. The van der Waals surface area contributed by atoms with E-state index in [0.717, 1.165) is 6.42 Å². The molecule has 2 nitrogen and oxygen atoms in total. The summed E-state index contributed by atoms with van der Waals surface area (Å²) in [6.45, 7) is 13.0. The first-order chi connectivity index (χ1) is 10.8. The smallest absolute Gasteiger partial charge is 0.00179 e. The Morgan fingerprint density at radius 1 is 1.09 bits per heavy atom. The van der Waals surface area contributed by atoms with Gasteiger partial charge in [0.15, 0.2) is 0 Å². The second-order valence-electron chi connectivity index (χ2n) is 5.77. The summed E-state index contributed by atoms with van der Waals surface area (Å²) in [6.07, 6.45) is 4.36. The SMILES string of the molecule is C/C(=C/CCN)c1ccccc1/C(C)=C/S.CC(C)N.CCC. The summed E-state index contributed by atoms with van der Waals surface area (Å²) in [4.78, 5) is 0. The number of nitrogens with two attached hydrogens (primary N) is 2. The average Bonchev–Trinajstić information content (AvgIpc) is 2.52. The molecule has 0 atom stereocenters. The third-order valence-corrected chi connectivity index (χ3v) is 2.97. The van der Waals surface area contributed by atoms with Crippen LogP contribution in [0.1, 0.15) is 65.5 Å². The largest absolute Gasteiger partial charge is 0.330 e. The summed E-state index contributed by atoms with van der Waals surface area (Å²) in [5.74, 6) is 0. The van der Waals surface area contributed by atoms with E-state index in [1.807, 2.05) is 19.3 Å². The minimum absolute atomic E-state index is 0.333. The van der Waals surface area contributed by atoms with Gasteiger partial charge in [-0.05, 0) is 60.5 Å². The first kappa shape index (κ1) is 24.2. The Labute approximate surface area is 149 Å². The zero-order valence-corrected chi connectivity index (χ0v) is 16.7. The standard InChI is InChI=1S/C14H19NS.C3H9N.C3H8/c1-11(6-5-9-15)13-7-3-4-8-14(13)12(2)10-16;1-3(2)4;1-3-2/h3-4,6-8,10,16H,5,9,15H2,1-2H3;3H,4H2,1-2H3;3H2,1-2H3/b11-6-,12-10+;;. The van der Waals surface area contributed by atoms with E-state index in [-0.39, 0.29) is 0 Å². The molecule has 1 aromatic carbocycles. The summed E-state index contributed by atoms with van der Waals surface area (Å²) in [7, 11) is 0. The molecule has 132 valence electrons. The Bertz CT molecular complexity index is 460. The lowest BCUT2D eigenvalue weighted by atomic mass is 9.96. The summed E-state index contributed by atoms with van der Waals surface area (Å²) >= 11 is 4.21. The van der Waals surface area contributed by atoms with Crippen LogP contribution in [0.25, 0.3) is 11.1 Å². The molecule has 23 heavy (non-hydrogen) atoms. The zero-order chi connectivity index (χ0) is 18.3. The lowest BCUT2D eigenvalue weighted by molar-refractivity contribution is 0.834. The molecule has 1 aromatic rings. The van der Waals surface area contributed by atoms with E-state index < -0.39 is 0 Å². The molecule has 0 spiro atoms. The van der Waals surface area contributed by atoms with E-state index in [9.17, 15) is 0 Å². The van der Waals surface area contributed by atoms with Crippen molar-refractivity contribution >= 4 is 23.8 Å². The van der Waals surface area contributed by atoms with Gasteiger partial charge in [0.05, 0.1) is 0 Å². The minimum Gasteiger partial charge on any atom is -0.330 e. The Kier molecular flexibility index (Phi) is 16.7. The Hall–Kier alpha value is -1.03. The average molecular weight is 337 g/mol. The molecule has 0 saturated carbocycles. The van der Waals surface area contributed by atoms with Gasteiger partial charge in [-0.3, -0.25) is 0 Å². The number of rotatable bonds is 4. The summed E-state index contributed by atoms with van der Waals surface area (Å²) < 4.78 is 0. The fourth-order valence-electron chi connectivity index (χ4n) is 1.65. The highest BCUT2D eigenvalue weighted by atomic mass is 32.1. The van der Waals surface area contributed by atoms with Crippen LogP contribution in [0.3, 0.4) is 0 Å². The van der Waals surface area contributed by atoms with Crippen LogP contribution in [-0.4, -0.2) is 12.6 Å². The summed E-state index contributed by atoms with van der Waals surface area (Å²) in [5.41, 5.74) is 15.6. The van der Waals surface area contributed by atoms with Gasteiger partial charge in [-0.25, -0.2) is 0 Å². The molecule has 0 unspecified atom stereocenters. The van der Waals surface area contributed by atoms with Gasteiger partial charge in [0.2, 0.25) is 0 Å². The Morgan fingerprint density at radius 2 is 1.48 bits per heavy atom. The second-order valence-corrected chi connectivity index (χ2v) is 6.03. The maximum absolute atomic E-state index is 5.51. The van der Waals surface area contributed by atoms with Crippen molar-refractivity contribution in [2.45, 2.75) is 60.4 Å². The molecule has 0 saturated heterocycles. The predicted octanol–water partition coefficient (Wildman–Crippen LogP) is 5.50. The molecular formula is C20H36N2S. The Morgan fingerprint density at radius 3 is 1.83 bits per heavy atom. The van der Waals surface area contributed by atoms with Crippen LogP contribution in [0.5, 0.6) is 0 Å². The van der Waals surface area contributed by atoms with Crippen molar-refractivity contribution in [3.05, 3.63) is 46.9 Å². The summed E-state index contributed by atoms with van der Waals surface area (Å²) in [6, 6.07) is 8.70. The van der Waals surface area contributed by atoms with Crippen LogP contribution >= 0.6 is 12.6 Å². The van der Waals surface area contributed by atoms with E-state index in [0.29, 0.717) is 12.6 Å². The van der Waals surface area contributed by atoms with Gasteiger partial charge in [0, 0.05) is 0 Å². The van der Waals surface area contributed by atoms with Gasteiger partial charge >= 0.3 is 0 Å². The number of allylic oxidation sites excluding steroid dienone is 2. The maximum Gasteiger partial charge on any atom is -0.00179 e. The highest BCUT2D eigenvalue weighted by molar-refractivity contribution is 7.83. The van der Waals surface area contributed by atoms with E-state index in [4.69, 9.17) is 11.5 Å². The van der Waals surface area contributed by atoms with E-state index >= 15 is 0 Å². The van der Waals surface area contributed by atoms with Crippen LogP contribution in [0.15, 0.2) is 35.7 Å². The third kappa shape index (κ3) is 13.1. The van der Waals surface area contributed by atoms with Crippen molar-refractivity contribution in [2.75, 3.05) is 6.54 Å². The van der Waals surface area contributed by atoms with Gasteiger partial charge in [-0.1, -0.05) is 64.5 Å². The molecule has 0 aliphatic rings. The van der Waals surface area contributed by atoms with Gasteiger partial charge < -0.3 is 11.5 Å². The molecule has 0 aliphatic carbocycles. The van der Waals surface area contributed by atoms with Gasteiger partial charge in [-0.2, -0.15) is 12.6 Å². The van der Waals surface area contributed by atoms with Crippen molar-refractivity contribution in [3.8, 4) is 0 Å². The molecule has 1 rings (SSSR count). The summed E-state index contributed by atoms with van der Waals surface area (Å²) in [5, 5.41) is 1.84. The molecular weight excluding hydrogens is 300 g/mol. The van der Waals surface area contributed by atoms with Crippen molar-refractivity contribution in [1.29, 1.82) is 0 Å².